The standard InChI is InChI=1S/C21H39N5O6/c1-10(2)9-14(19(29)26-17(12(5)6)21(31)32)25-18(28)13(7-8-15(22)27)24-20(30)16(23)11(3)4/h10-14,16-17H,7-9,23H2,1-6H3,(H2,22,27)(H,24,30)(H,25,28)(H,26,29)(H,31,32). The highest BCUT2D eigenvalue weighted by Crippen LogP contribution is 2.09. The zero-order valence-electron chi connectivity index (χ0n) is 19.8. The number of carboxylic acid groups (broad SMARTS) is 1. The Labute approximate surface area is 189 Å². The van der Waals surface area contributed by atoms with Crippen LogP contribution in [0.2, 0.25) is 0 Å². The molecule has 0 aliphatic carbocycles. The molecule has 0 heterocycles. The Morgan fingerprint density at radius 2 is 1.28 bits per heavy atom. The summed E-state index contributed by atoms with van der Waals surface area (Å²) >= 11 is 0. The van der Waals surface area contributed by atoms with Crippen molar-refractivity contribution in [2.45, 2.75) is 85.0 Å². The van der Waals surface area contributed by atoms with Gasteiger partial charge in [-0.2, -0.15) is 0 Å². The molecular weight excluding hydrogens is 418 g/mol. The molecule has 11 heteroatoms. The maximum Gasteiger partial charge on any atom is 0.326 e. The Balaban J connectivity index is 5.57. The van der Waals surface area contributed by atoms with E-state index in [2.05, 4.69) is 16.0 Å². The van der Waals surface area contributed by atoms with Gasteiger partial charge in [-0.15, -0.1) is 0 Å². The fourth-order valence-electron chi connectivity index (χ4n) is 2.87. The first kappa shape index (κ1) is 29.3. The number of hydrogen-bond acceptors (Lipinski definition) is 6. The van der Waals surface area contributed by atoms with Crippen molar-refractivity contribution >= 4 is 29.6 Å². The van der Waals surface area contributed by atoms with Crippen LogP contribution in [0.3, 0.4) is 0 Å². The average molecular weight is 458 g/mol. The molecule has 8 N–H and O–H groups in total. The first-order valence-electron chi connectivity index (χ1n) is 10.8. The number of carbonyl (C=O) groups is 5. The van der Waals surface area contributed by atoms with Gasteiger partial charge in [-0.3, -0.25) is 19.2 Å². The summed E-state index contributed by atoms with van der Waals surface area (Å²) in [6.45, 7) is 10.5. The van der Waals surface area contributed by atoms with Crippen molar-refractivity contribution < 1.29 is 29.1 Å². The van der Waals surface area contributed by atoms with Crippen LogP contribution in [0.25, 0.3) is 0 Å². The van der Waals surface area contributed by atoms with Gasteiger partial charge in [0.1, 0.15) is 18.1 Å². The van der Waals surface area contributed by atoms with Gasteiger partial charge in [0.25, 0.3) is 0 Å². The molecule has 0 aromatic rings. The van der Waals surface area contributed by atoms with Gasteiger partial charge in [-0.1, -0.05) is 41.5 Å². The zero-order chi connectivity index (χ0) is 25.2. The van der Waals surface area contributed by atoms with E-state index in [9.17, 15) is 29.1 Å². The SMILES string of the molecule is CC(C)CC(NC(=O)C(CCC(N)=O)NC(=O)C(N)C(C)C)C(=O)NC(C(=O)O)C(C)C. The summed E-state index contributed by atoms with van der Waals surface area (Å²) in [7, 11) is 0. The quantitative estimate of drug-likeness (QED) is 0.202. The third kappa shape index (κ3) is 10.6. The Morgan fingerprint density at radius 3 is 1.69 bits per heavy atom. The lowest BCUT2D eigenvalue weighted by Crippen LogP contribution is -2.58. The third-order valence-corrected chi connectivity index (χ3v) is 4.90. The fraction of sp³-hybridized carbons (Fsp3) is 0.762. The van der Waals surface area contributed by atoms with E-state index in [1.165, 1.54) is 0 Å². The molecule has 184 valence electrons. The van der Waals surface area contributed by atoms with Crippen LogP contribution in [0.15, 0.2) is 0 Å². The van der Waals surface area contributed by atoms with Gasteiger partial charge in [0, 0.05) is 6.42 Å². The van der Waals surface area contributed by atoms with Crippen molar-refractivity contribution in [3.63, 3.8) is 0 Å². The molecule has 0 fully saturated rings. The fourth-order valence-corrected chi connectivity index (χ4v) is 2.87. The number of amides is 4. The highest BCUT2D eigenvalue weighted by molar-refractivity contribution is 5.94. The molecule has 0 spiro atoms. The first-order chi connectivity index (χ1) is 14.7. The van der Waals surface area contributed by atoms with Crippen molar-refractivity contribution in [3.05, 3.63) is 0 Å². The minimum Gasteiger partial charge on any atom is -0.480 e. The summed E-state index contributed by atoms with van der Waals surface area (Å²) in [5.41, 5.74) is 11.0. The predicted molar refractivity (Wildman–Crippen MR) is 119 cm³/mol. The van der Waals surface area contributed by atoms with Gasteiger partial charge in [-0.25, -0.2) is 4.79 Å². The molecule has 0 aliphatic rings. The van der Waals surface area contributed by atoms with Crippen molar-refractivity contribution in [1.82, 2.24) is 16.0 Å². The van der Waals surface area contributed by atoms with E-state index in [0.717, 1.165) is 0 Å². The molecule has 0 aromatic carbocycles. The number of hydrogen-bond donors (Lipinski definition) is 6. The van der Waals surface area contributed by atoms with E-state index in [1.807, 2.05) is 13.8 Å². The lowest BCUT2D eigenvalue weighted by Gasteiger charge is -2.27. The Morgan fingerprint density at radius 1 is 0.781 bits per heavy atom. The monoisotopic (exact) mass is 457 g/mol. The second kappa shape index (κ2) is 13.7. The third-order valence-electron chi connectivity index (χ3n) is 4.90. The van der Waals surface area contributed by atoms with Crippen molar-refractivity contribution in [1.29, 1.82) is 0 Å². The number of nitrogens with two attached hydrogens (primary N) is 2. The second-order valence-electron chi connectivity index (χ2n) is 9.10. The number of carbonyl (C=O) groups excluding carboxylic acids is 4. The molecule has 0 bridgehead atoms. The van der Waals surface area contributed by atoms with E-state index in [-0.39, 0.29) is 37.0 Å². The van der Waals surface area contributed by atoms with Gasteiger partial charge < -0.3 is 32.5 Å². The number of carboxylic acids is 1. The molecule has 0 radical (unpaired) electrons. The summed E-state index contributed by atoms with van der Waals surface area (Å²) in [6, 6.07) is -4.16. The van der Waals surface area contributed by atoms with Gasteiger partial charge in [0.05, 0.1) is 6.04 Å². The Bertz CT molecular complexity index is 680. The lowest BCUT2D eigenvalue weighted by molar-refractivity contribution is -0.143. The van der Waals surface area contributed by atoms with Gasteiger partial charge in [0.15, 0.2) is 0 Å². The van der Waals surface area contributed by atoms with Gasteiger partial charge in [0.2, 0.25) is 23.6 Å². The van der Waals surface area contributed by atoms with Crippen LogP contribution in [0.4, 0.5) is 0 Å². The normalized spacial score (nSPS) is 15.1. The molecule has 0 aromatic heterocycles. The minimum absolute atomic E-state index is 0.00130. The van der Waals surface area contributed by atoms with Crippen molar-refractivity contribution in [2.75, 3.05) is 0 Å². The summed E-state index contributed by atoms with van der Waals surface area (Å²) in [4.78, 5) is 60.7. The Hall–Kier alpha value is -2.69. The molecule has 0 saturated heterocycles. The summed E-state index contributed by atoms with van der Waals surface area (Å²) in [6.07, 6.45) is 0.00620. The molecule has 4 atom stereocenters. The highest BCUT2D eigenvalue weighted by atomic mass is 16.4. The number of primary amides is 1. The van der Waals surface area contributed by atoms with E-state index in [1.54, 1.807) is 27.7 Å². The van der Waals surface area contributed by atoms with E-state index < -0.39 is 53.8 Å². The van der Waals surface area contributed by atoms with Crippen LogP contribution in [0, 0.1) is 17.8 Å². The predicted octanol–water partition coefficient (Wildman–Crippen LogP) is -0.524. The molecule has 0 rings (SSSR count). The number of aliphatic carboxylic acids is 1. The van der Waals surface area contributed by atoms with Crippen LogP contribution < -0.4 is 27.4 Å². The van der Waals surface area contributed by atoms with Crippen LogP contribution in [-0.4, -0.2) is 58.9 Å². The summed E-state index contributed by atoms with van der Waals surface area (Å²) in [5.74, 6) is -4.29. The zero-order valence-corrected chi connectivity index (χ0v) is 19.8. The van der Waals surface area contributed by atoms with Crippen LogP contribution in [-0.2, 0) is 24.0 Å². The maximum absolute atomic E-state index is 12.9. The molecule has 4 amide bonds. The topological polar surface area (TPSA) is 194 Å². The molecule has 11 nitrogen and oxygen atoms in total. The van der Waals surface area contributed by atoms with Crippen molar-refractivity contribution in [3.8, 4) is 0 Å². The maximum atomic E-state index is 12.9. The van der Waals surface area contributed by atoms with E-state index in [0.29, 0.717) is 0 Å². The number of nitrogens with one attached hydrogen (secondary N) is 3. The van der Waals surface area contributed by atoms with Crippen LogP contribution in [0.5, 0.6) is 0 Å². The summed E-state index contributed by atoms with van der Waals surface area (Å²) < 4.78 is 0. The van der Waals surface area contributed by atoms with E-state index in [4.69, 9.17) is 11.5 Å². The highest BCUT2D eigenvalue weighted by Gasteiger charge is 2.32. The molecule has 32 heavy (non-hydrogen) atoms. The van der Waals surface area contributed by atoms with Crippen LogP contribution >= 0.6 is 0 Å². The molecule has 4 unspecified atom stereocenters. The molecular formula is C21H39N5O6. The second-order valence-corrected chi connectivity index (χ2v) is 9.10. The lowest BCUT2D eigenvalue weighted by atomic mass is 9.99. The van der Waals surface area contributed by atoms with Gasteiger partial charge >= 0.3 is 5.97 Å². The average Bonchev–Trinajstić information content (AvgIpc) is 2.66. The van der Waals surface area contributed by atoms with Crippen LogP contribution in [0.1, 0.15) is 60.8 Å². The number of rotatable bonds is 14. The van der Waals surface area contributed by atoms with Crippen molar-refractivity contribution in [2.24, 2.45) is 29.2 Å². The van der Waals surface area contributed by atoms with Gasteiger partial charge in [-0.05, 0) is 30.6 Å². The molecule has 0 aliphatic heterocycles. The Kier molecular flexibility index (Phi) is 12.5. The largest absolute Gasteiger partial charge is 0.480 e. The molecule has 0 saturated carbocycles. The van der Waals surface area contributed by atoms with E-state index >= 15 is 0 Å². The smallest absolute Gasteiger partial charge is 0.326 e. The minimum atomic E-state index is -1.18. The first-order valence-corrected chi connectivity index (χ1v) is 10.8. The summed E-state index contributed by atoms with van der Waals surface area (Å²) in [5, 5.41) is 16.9.